The van der Waals surface area contributed by atoms with Gasteiger partial charge in [-0.1, -0.05) is 20.8 Å². The number of ether oxygens (including phenoxy) is 1. The van der Waals surface area contributed by atoms with Crippen LogP contribution in [-0.2, 0) is 19.1 Å². The molecule has 0 aliphatic heterocycles. The van der Waals surface area contributed by atoms with E-state index >= 15 is 0 Å². The first-order valence-electron chi connectivity index (χ1n) is 6.30. The van der Waals surface area contributed by atoms with Crippen LogP contribution in [0.5, 0.6) is 0 Å². The molecule has 0 aliphatic carbocycles. The number of methoxy groups -OCH3 is 1. The van der Waals surface area contributed by atoms with Gasteiger partial charge in [-0.15, -0.1) is 0 Å². The molecule has 0 saturated carbocycles. The van der Waals surface area contributed by atoms with Gasteiger partial charge in [0.2, 0.25) is 11.8 Å². The molecule has 7 heteroatoms. The molecule has 0 aromatic rings. The van der Waals surface area contributed by atoms with Gasteiger partial charge in [-0.3, -0.25) is 9.59 Å². The molecule has 1 unspecified atom stereocenters. The van der Waals surface area contributed by atoms with Crippen molar-refractivity contribution >= 4 is 17.8 Å². The van der Waals surface area contributed by atoms with Gasteiger partial charge in [0.15, 0.2) is 5.54 Å². The van der Waals surface area contributed by atoms with Crippen LogP contribution < -0.4 is 10.6 Å². The minimum absolute atomic E-state index is 0.163. The van der Waals surface area contributed by atoms with Crippen molar-refractivity contribution in [3.05, 3.63) is 0 Å². The number of carbonyl (C=O) groups excluding carboxylic acids is 2. The van der Waals surface area contributed by atoms with Crippen LogP contribution >= 0.6 is 0 Å². The molecule has 0 bridgehead atoms. The van der Waals surface area contributed by atoms with Gasteiger partial charge < -0.3 is 20.5 Å². The van der Waals surface area contributed by atoms with Crippen LogP contribution in [0.3, 0.4) is 0 Å². The van der Waals surface area contributed by atoms with Gasteiger partial charge >= 0.3 is 5.97 Å². The zero-order valence-electron chi connectivity index (χ0n) is 12.7. The van der Waals surface area contributed by atoms with Crippen molar-refractivity contribution in [2.24, 2.45) is 5.41 Å². The van der Waals surface area contributed by atoms with E-state index in [1.165, 1.54) is 14.0 Å². The topological polar surface area (TPSA) is 105 Å². The van der Waals surface area contributed by atoms with Gasteiger partial charge in [-0.05, 0) is 12.3 Å². The fraction of sp³-hybridized carbons (Fsp3) is 0.769. The molecule has 0 aliphatic rings. The second-order valence-corrected chi connectivity index (χ2v) is 6.13. The van der Waals surface area contributed by atoms with Crippen molar-refractivity contribution in [3.63, 3.8) is 0 Å². The minimum atomic E-state index is -1.51. The van der Waals surface area contributed by atoms with Crippen molar-refractivity contribution in [2.45, 2.75) is 39.7 Å². The average molecular weight is 288 g/mol. The molecule has 0 radical (unpaired) electrons. The molecule has 2 amide bonds. The Bertz CT molecular complexity index is 375. The Morgan fingerprint density at radius 1 is 1.10 bits per heavy atom. The lowest BCUT2D eigenvalue weighted by Crippen LogP contribution is -2.57. The molecule has 0 saturated heterocycles. The van der Waals surface area contributed by atoms with E-state index in [0.29, 0.717) is 0 Å². The third-order valence-corrected chi connectivity index (χ3v) is 2.46. The summed E-state index contributed by atoms with van der Waals surface area (Å²) in [6.45, 7) is 6.64. The van der Waals surface area contributed by atoms with Gasteiger partial charge in [0.05, 0.1) is 13.2 Å². The van der Waals surface area contributed by atoms with Crippen molar-refractivity contribution < 1.29 is 24.2 Å². The number of hydrogen-bond donors (Lipinski definition) is 3. The molecular formula is C13H24N2O5. The van der Waals surface area contributed by atoms with Crippen LogP contribution in [0.15, 0.2) is 0 Å². The average Bonchev–Trinajstić information content (AvgIpc) is 2.24. The highest BCUT2D eigenvalue weighted by atomic mass is 16.5. The zero-order chi connectivity index (χ0) is 16.0. The molecule has 7 nitrogen and oxygen atoms in total. The lowest BCUT2D eigenvalue weighted by atomic mass is 9.92. The molecule has 0 aromatic carbocycles. The summed E-state index contributed by atoms with van der Waals surface area (Å²) >= 11 is 0. The number of carboxylic acid groups (broad SMARTS) is 1. The van der Waals surface area contributed by atoms with Crippen LogP contribution in [0.1, 0.15) is 34.1 Å². The van der Waals surface area contributed by atoms with E-state index in [2.05, 4.69) is 10.6 Å². The highest BCUT2D eigenvalue weighted by Crippen LogP contribution is 2.17. The standard InChI is InChI=1S/C13H24N2O5/c1-12(2,3)6-9(16)14-7-10(17)15-13(4,8-20-5)11(18)19/h6-8H2,1-5H3,(H,14,16)(H,15,17)(H,18,19). The summed E-state index contributed by atoms with van der Waals surface area (Å²) < 4.78 is 4.78. The monoisotopic (exact) mass is 288 g/mol. The summed E-state index contributed by atoms with van der Waals surface area (Å²) in [7, 11) is 1.35. The number of amides is 2. The van der Waals surface area contributed by atoms with E-state index in [4.69, 9.17) is 9.84 Å². The molecule has 3 N–H and O–H groups in total. The Hall–Kier alpha value is -1.63. The molecule has 0 aromatic heterocycles. The molecule has 116 valence electrons. The zero-order valence-corrected chi connectivity index (χ0v) is 12.7. The molecule has 0 heterocycles. The first-order chi connectivity index (χ1) is 9.00. The third-order valence-electron chi connectivity index (χ3n) is 2.46. The van der Waals surface area contributed by atoms with Crippen molar-refractivity contribution in [2.75, 3.05) is 20.3 Å². The van der Waals surface area contributed by atoms with Crippen molar-refractivity contribution in [1.82, 2.24) is 10.6 Å². The van der Waals surface area contributed by atoms with E-state index in [0.717, 1.165) is 0 Å². The number of carboxylic acids is 1. The smallest absolute Gasteiger partial charge is 0.331 e. The van der Waals surface area contributed by atoms with Gasteiger partial charge in [0.1, 0.15) is 0 Å². The van der Waals surface area contributed by atoms with Crippen molar-refractivity contribution in [3.8, 4) is 0 Å². The van der Waals surface area contributed by atoms with Gasteiger partial charge in [-0.2, -0.15) is 0 Å². The number of carbonyl (C=O) groups is 3. The second kappa shape index (κ2) is 7.23. The Labute approximate surface area is 119 Å². The Balaban J connectivity index is 4.35. The maximum Gasteiger partial charge on any atom is 0.331 e. The first-order valence-corrected chi connectivity index (χ1v) is 6.30. The van der Waals surface area contributed by atoms with E-state index in [1.807, 2.05) is 20.8 Å². The lowest BCUT2D eigenvalue weighted by molar-refractivity contribution is -0.149. The minimum Gasteiger partial charge on any atom is -0.479 e. The first kappa shape index (κ1) is 18.4. The maximum absolute atomic E-state index is 11.7. The largest absolute Gasteiger partial charge is 0.479 e. The summed E-state index contributed by atoms with van der Waals surface area (Å²) in [5.74, 6) is -2.03. The Morgan fingerprint density at radius 2 is 1.65 bits per heavy atom. The summed E-state index contributed by atoms with van der Waals surface area (Å²) in [5, 5.41) is 13.9. The Kier molecular flexibility index (Phi) is 6.64. The van der Waals surface area contributed by atoms with Crippen LogP contribution in [0.25, 0.3) is 0 Å². The molecule has 0 fully saturated rings. The SMILES string of the molecule is COCC(C)(NC(=O)CNC(=O)CC(C)(C)C)C(=O)O. The van der Waals surface area contributed by atoms with Crippen molar-refractivity contribution in [1.29, 1.82) is 0 Å². The van der Waals surface area contributed by atoms with E-state index in [9.17, 15) is 14.4 Å². The molecule has 0 spiro atoms. The predicted octanol–water partition coefficient (Wildman–Crippen LogP) is 0.145. The third kappa shape index (κ3) is 7.08. The fourth-order valence-electron chi connectivity index (χ4n) is 1.51. The summed E-state index contributed by atoms with van der Waals surface area (Å²) in [6.07, 6.45) is 0.286. The number of hydrogen-bond acceptors (Lipinski definition) is 4. The number of rotatable bonds is 7. The van der Waals surface area contributed by atoms with E-state index in [-0.39, 0.29) is 30.9 Å². The molecular weight excluding hydrogens is 264 g/mol. The van der Waals surface area contributed by atoms with Gasteiger partial charge in [-0.25, -0.2) is 4.79 Å². The lowest BCUT2D eigenvalue weighted by Gasteiger charge is -2.25. The number of aliphatic carboxylic acids is 1. The van der Waals surface area contributed by atoms with Crippen LogP contribution in [0.4, 0.5) is 0 Å². The fourth-order valence-corrected chi connectivity index (χ4v) is 1.51. The van der Waals surface area contributed by atoms with Crippen LogP contribution in [-0.4, -0.2) is 48.7 Å². The Morgan fingerprint density at radius 3 is 2.05 bits per heavy atom. The molecule has 0 rings (SSSR count). The predicted molar refractivity (Wildman–Crippen MR) is 73.1 cm³/mol. The molecule has 20 heavy (non-hydrogen) atoms. The summed E-state index contributed by atoms with van der Waals surface area (Å²) in [4.78, 5) is 34.3. The quantitative estimate of drug-likeness (QED) is 0.618. The highest BCUT2D eigenvalue weighted by molar-refractivity contribution is 5.89. The van der Waals surface area contributed by atoms with E-state index < -0.39 is 17.4 Å². The van der Waals surface area contributed by atoms with Crippen LogP contribution in [0.2, 0.25) is 0 Å². The maximum atomic E-state index is 11.7. The second-order valence-electron chi connectivity index (χ2n) is 6.13. The normalized spacial score (nSPS) is 14.2. The summed E-state index contributed by atoms with van der Waals surface area (Å²) in [5.41, 5.74) is -1.69. The summed E-state index contributed by atoms with van der Waals surface area (Å²) in [6, 6.07) is 0. The highest BCUT2D eigenvalue weighted by Gasteiger charge is 2.34. The molecule has 1 atom stereocenters. The van der Waals surface area contributed by atoms with Gasteiger partial charge in [0, 0.05) is 13.5 Å². The van der Waals surface area contributed by atoms with E-state index in [1.54, 1.807) is 0 Å². The van der Waals surface area contributed by atoms with Gasteiger partial charge in [0.25, 0.3) is 0 Å². The number of nitrogens with one attached hydrogen (secondary N) is 2. The van der Waals surface area contributed by atoms with Crippen LogP contribution in [0, 0.1) is 5.41 Å².